The molecule has 1 fully saturated rings. The van der Waals surface area contributed by atoms with E-state index in [1.165, 1.54) is 0 Å². The van der Waals surface area contributed by atoms with Gasteiger partial charge in [-0.1, -0.05) is 12.1 Å². The molecule has 1 saturated carbocycles. The summed E-state index contributed by atoms with van der Waals surface area (Å²) in [4.78, 5) is 32.1. The molecule has 2 aliphatic rings. The van der Waals surface area contributed by atoms with Gasteiger partial charge in [0, 0.05) is 31.1 Å². The highest BCUT2D eigenvalue weighted by Crippen LogP contribution is 2.44. The fourth-order valence-electron chi connectivity index (χ4n) is 5.36. The van der Waals surface area contributed by atoms with Crippen molar-refractivity contribution in [2.45, 2.75) is 95.1 Å². The molecule has 0 aromatic heterocycles. The van der Waals surface area contributed by atoms with Crippen LogP contribution in [0.3, 0.4) is 0 Å². The minimum Gasteiger partial charge on any atom is -0.497 e. The van der Waals surface area contributed by atoms with E-state index in [-0.39, 0.29) is 37.5 Å². The summed E-state index contributed by atoms with van der Waals surface area (Å²) in [5, 5.41) is 18.9. The van der Waals surface area contributed by atoms with Gasteiger partial charge in [-0.2, -0.15) is 0 Å². The Hall–Kier alpha value is -3.67. The molecule has 11 heteroatoms. The van der Waals surface area contributed by atoms with Crippen molar-refractivity contribution in [2.24, 2.45) is 4.99 Å². The average Bonchev–Trinajstić information content (AvgIpc) is 3.40. The lowest BCUT2D eigenvalue weighted by Crippen LogP contribution is -2.55. The number of hydrogen-bond acceptors (Lipinski definition) is 10. The van der Waals surface area contributed by atoms with Gasteiger partial charge in [-0.25, -0.2) is 10.4 Å². The maximum absolute atomic E-state index is 14.3. The molecule has 2 aromatic carbocycles. The van der Waals surface area contributed by atoms with Crippen molar-refractivity contribution in [3.05, 3.63) is 59.7 Å². The molecule has 1 aliphatic heterocycles. The largest absolute Gasteiger partial charge is 0.497 e. The predicted octanol–water partition coefficient (Wildman–Crippen LogP) is 3.76. The first-order valence-electron chi connectivity index (χ1n) is 15.2. The molecule has 11 nitrogen and oxygen atoms in total. The Morgan fingerprint density at radius 2 is 1.80 bits per heavy atom. The highest BCUT2D eigenvalue weighted by Gasteiger charge is 2.53. The monoisotopic (exact) mass is 611 g/mol. The average molecular weight is 612 g/mol. The molecule has 0 radical (unpaired) electrons. The number of methoxy groups -OCH3 is 1. The van der Waals surface area contributed by atoms with E-state index in [1.54, 1.807) is 64.3 Å². The van der Waals surface area contributed by atoms with Crippen LogP contribution in [0, 0.1) is 0 Å². The van der Waals surface area contributed by atoms with Crippen molar-refractivity contribution >= 4 is 17.8 Å². The highest BCUT2D eigenvalue weighted by molar-refractivity contribution is 6.01. The Morgan fingerprint density at radius 1 is 1.07 bits per heavy atom. The van der Waals surface area contributed by atoms with Gasteiger partial charge in [-0.15, -0.1) is 0 Å². The molecule has 0 spiro atoms. The number of aliphatic hydroxyl groups is 2. The first-order chi connectivity index (χ1) is 21.0. The molecule has 2 atom stereocenters. The summed E-state index contributed by atoms with van der Waals surface area (Å²) in [6.07, 6.45) is 1.97. The summed E-state index contributed by atoms with van der Waals surface area (Å²) in [5.41, 5.74) is 5.09. The van der Waals surface area contributed by atoms with Gasteiger partial charge in [0.15, 0.2) is 11.6 Å². The number of carbonyl (C=O) groups is 2. The molecule has 1 heterocycles. The van der Waals surface area contributed by atoms with E-state index in [2.05, 4.69) is 10.9 Å². The summed E-state index contributed by atoms with van der Waals surface area (Å²) in [6, 6.07) is 14.4. The number of aliphatic imine (C=N–C) groups is 1. The Labute approximate surface area is 258 Å². The second-order valence-electron chi connectivity index (χ2n) is 12.3. The lowest BCUT2D eigenvalue weighted by atomic mass is 9.83. The number of aliphatic hydroxyl groups excluding tert-OH is 2. The van der Waals surface area contributed by atoms with Gasteiger partial charge in [0.05, 0.1) is 19.8 Å². The number of benzene rings is 2. The van der Waals surface area contributed by atoms with Crippen LogP contribution in [0.4, 0.5) is 0 Å². The zero-order valence-electron chi connectivity index (χ0n) is 26.0. The van der Waals surface area contributed by atoms with Crippen LogP contribution in [0.2, 0.25) is 0 Å². The van der Waals surface area contributed by atoms with E-state index in [9.17, 15) is 14.7 Å². The van der Waals surface area contributed by atoms with Gasteiger partial charge < -0.3 is 29.2 Å². The van der Waals surface area contributed by atoms with E-state index < -0.39 is 29.1 Å². The summed E-state index contributed by atoms with van der Waals surface area (Å²) in [6.45, 7) is 5.81. The van der Waals surface area contributed by atoms with Crippen molar-refractivity contribution in [1.29, 1.82) is 0 Å². The Kier molecular flexibility index (Phi) is 11.2. The maximum atomic E-state index is 14.3. The van der Waals surface area contributed by atoms with Crippen molar-refractivity contribution in [1.82, 2.24) is 10.9 Å². The molecular formula is C33H45N3O8. The third kappa shape index (κ3) is 8.71. The van der Waals surface area contributed by atoms with Crippen molar-refractivity contribution < 1.29 is 38.7 Å². The lowest BCUT2D eigenvalue weighted by molar-refractivity contribution is -0.155. The van der Waals surface area contributed by atoms with Crippen molar-refractivity contribution in [3.63, 3.8) is 0 Å². The predicted molar refractivity (Wildman–Crippen MR) is 164 cm³/mol. The van der Waals surface area contributed by atoms with Crippen LogP contribution >= 0.6 is 0 Å². The molecule has 1 amide bonds. The van der Waals surface area contributed by atoms with Crippen LogP contribution < -0.4 is 20.3 Å². The van der Waals surface area contributed by atoms with Gasteiger partial charge in [-0.3, -0.25) is 15.0 Å². The summed E-state index contributed by atoms with van der Waals surface area (Å²) in [5.74, 6) is 0.570. The summed E-state index contributed by atoms with van der Waals surface area (Å²) < 4.78 is 23.2. The van der Waals surface area contributed by atoms with E-state index >= 15 is 0 Å². The van der Waals surface area contributed by atoms with E-state index in [4.69, 9.17) is 29.0 Å². The maximum Gasteiger partial charge on any atom is 0.306 e. The molecular weight excluding hydrogens is 566 g/mol. The topological polar surface area (TPSA) is 148 Å². The molecule has 0 saturated heterocycles. The molecule has 0 bridgehead atoms. The normalized spacial score (nSPS) is 23.3. The Morgan fingerprint density at radius 3 is 2.45 bits per heavy atom. The number of rotatable bonds is 13. The number of hydrogen-bond donors (Lipinski definition) is 4. The van der Waals surface area contributed by atoms with Gasteiger partial charge in [0.25, 0.3) is 5.91 Å². The highest BCUT2D eigenvalue weighted by atomic mass is 16.6. The van der Waals surface area contributed by atoms with Crippen LogP contribution in [0.5, 0.6) is 11.5 Å². The zero-order valence-corrected chi connectivity index (χ0v) is 26.0. The molecule has 1 aliphatic carbocycles. The van der Waals surface area contributed by atoms with Crippen LogP contribution in [0.25, 0.3) is 0 Å². The van der Waals surface area contributed by atoms with Crippen LogP contribution in [-0.2, 0) is 19.1 Å². The summed E-state index contributed by atoms with van der Waals surface area (Å²) >= 11 is 0. The third-order valence-electron chi connectivity index (χ3n) is 7.64. The first kappa shape index (κ1) is 33.2. The fourth-order valence-corrected chi connectivity index (χ4v) is 5.36. The SMILES string of the molecule is COc1cccc([C@@H]2OC(c3ccc(OCCCO)cc3)=N[C@]2(CCC(=O)OC(C)(C)C)C(=O)NNC2CCC(O)CC2)c1. The standard InChI is InChI=1S/C33H45N3O8/c1-32(2,3)44-28(39)17-18-33(31(40)36-35-24-11-13-25(38)14-12-24)29(23-7-5-8-27(21-23)41-4)43-30(34-33)22-9-15-26(16-10-22)42-20-6-19-37/h5,7-10,15-16,21,24-25,29,35,37-38H,6,11-14,17-20H2,1-4H3,(H,36,40)/t24?,25?,29-,33-/m0/s1. The molecule has 0 unspecified atom stereocenters. The van der Waals surface area contributed by atoms with Gasteiger partial charge in [0.2, 0.25) is 5.90 Å². The van der Waals surface area contributed by atoms with Crippen LogP contribution in [0.15, 0.2) is 53.5 Å². The van der Waals surface area contributed by atoms with Gasteiger partial charge >= 0.3 is 5.97 Å². The van der Waals surface area contributed by atoms with Crippen LogP contribution in [-0.4, -0.2) is 71.6 Å². The molecule has 2 aromatic rings. The molecule has 240 valence electrons. The molecule has 4 rings (SSSR count). The fraction of sp³-hybridized carbons (Fsp3) is 0.545. The number of esters is 1. The van der Waals surface area contributed by atoms with E-state index in [0.717, 1.165) is 0 Å². The second-order valence-corrected chi connectivity index (χ2v) is 12.3. The smallest absolute Gasteiger partial charge is 0.306 e. The number of amides is 1. The quantitative estimate of drug-likeness (QED) is 0.151. The molecule has 44 heavy (non-hydrogen) atoms. The summed E-state index contributed by atoms with van der Waals surface area (Å²) in [7, 11) is 1.56. The van der Waals surface area contributed by atoms with E-state index in [1.807, 2.05) is 12.1 Å². The minimum absolute atomic E-state index is 0.00956. The minimum atomic E-state index is -1.53. The zero-order chi connectivity index (χ0) is 31.7. The number of nitrogens with one attached hydrogen (secondary N) is 2. The van der Waals surface area contributed by atoms with Gasteiger partial charge in [0.1, 0.15) is 17.1 Å². The number of hydrazine groups is 1. The second kappa shape index (κ2) is 14.9. The third-order valence-corrected chi connectivity index (χ3v) is 7.64. The number of ether oxygens (including phenoxy) is 4. The van der Waals surface area contributed by atoms with Crippen LogP contribution in [0.1, 0.15) is 82.9 Å². The van der Waals surface area contributed by atoms with E-state index in [0.29, 0.717) is 61.3 Å². The van der Waals surface area contributed by atoms with Crippen molar-refractivity contribution in [2.75, 3.05) is 20.3 Å². The Balaban J connectivity index is 1.69. The number of nitrogens with zero attached hydrogens (tertiary/aromatic N) is 1. The first-order valence-corrected chi connectivity index (χ1v) is 15.2. The lowest BCUT2D eigenvalue weighted by Gasteiger charge is -2.32. The number of carbonyl (C=O) groups excluding carboxylic acids is 2. The Bertz CT molecular complexity index is 1280. The van der Waals surface area contributed by atoms with Crippen molar-refractivity contribution in [3.8, 4) is 11.5 Å². The molecule has 4 N–H and O–H groups in total. The van der Waals surface area contributed by atoms with Gasteiger partial charge in [-0.05, 0) is 94.8 Å².